The van der Waals surface area contributed by atoms with Crippen LogP contribution in [0.25, 0.3) is 0 Å². The van der Waals surface area contributed by atoms with E-state index in [9.17, 15) is 18.3 Å². The van der Waals surface area contributed by atoms with Crippen molar-refractivity contribution in [2.45, 2.75) is 26.1 Å². The highest BCUT2D eigenvalue weighted by Crippen LogP contribution is 2.31. The third-order valence-electron chi connectivity index (χ3n) is 4.85. The summed E-state index contributed by atoms with van der Waals surface area (Å²) in [5, 5.41) is 15.2. The van der Waals surface area contributed by atoms with E-state index in [1.54, 1.807) is 12.1 Å². The van der Waals surface area contributed by atoms with Crippen LogP contribution in [0.2, 0.25) is 0 Å². The summed E-state index contributed by atoms with van der Waals surface area (Å²) < 4.78 is 45.3. The standard InChI is InChI=1S/C20H26F3N5O2/c1-13(2)16(12-29)25-19-26-17(20(21,22)23)11-18(27-19)24-14-3-5-15(6-4-14)28-7-9-30-10-8-28/h3-6,11,13,16,29H,7-10,12H2,1-2H3,(H2,24,25,26,27)/t16-/m1/s1. The topological polar surface area (TPSA) is 82.5 Å². The van der Waals surface area contributed by atoms with E-state index < -0.39 is 17.9 Å². The summed E-state index contributed by atoms with van der Waals surface area (Å²) in [6.07, 6.45) is -4.62. The van der Waals surface area contributed by atoms with Crippen LogP contribution >= 0.6 is 0 Å². The molecule has 10 heteroatoms. The van der Waals surface area contributed by atoms with Gasteiger partial charge in [0.15, 0.2) is 5.69 Å². The zero-order valence-corrected chi connectivity index (χ0v) is 16.9. The lowest BCUT2D eigenvalue weighted by Gasteiger charge is -2.28. The van der Waals surface area contributed by atoms with Crippen LogP contribution in [0.4, 0.5) is 36.3 Å². The number of hydrogen-bond donors (Lipinski definition) is 3. The number of benzene rings is 1. The minimum atomic E-state index is -4.62. The highest BCUT2D eigenvalue weighted by molar-refractivity contribution is 5.62. The van der Waals surface area contributed by atoms with E-state index in [1.165, 1.54) is 0 Å². The fourth-order valence-corrected chi connectivity index (χ4v) is 3.04. The molecule has 1 aromatic heterocycles. The summed E-state index contributed by atoms with van der Waals surface area (Å²) in [7, 11) is 0. The molecule has 0 unspecified atom stereocenters. The van der Waals surface area contributed by atoms with Crippen LogP contribution < -0.4 is 15.5 Å². The summed E-state index contributed by atoms with van der Waals surface area (Å²) >= 11 is 0. The average molecular weight is 425 g/mol. The Balaban J connectivity index is 1.80. The largest absolute Gasteiger partial charge is 0.433 e. The molecule has 3 N–H and O–H groups in total. The monoisotopic (exact) mass is 425 g/mol. The van der Waals surface area contributed by atoms with Crippen LogP contribution in [0.15, 0.2) is 30.3 Å². The molecule has 1 aliphatic rings. The first-order valence-electron chi connectivity index (χ1n) is 9.79. The smallest absolute Gasteiger partial charge is 0.394 e. The number of aliphatic hydroxyl groups is 1. The molecular formula is C20H26F3N5O2. The van der Waals surface area contributed by atoms with Gasteiger partial charge in [-0.2, -0.15) is 18.2 Å². The van der Waals surface area contributed by atoms with Crippen LogP contribution in [0, 0.1) is 5.92 Å². The Morgan fingerprint density at radius 1 is 1.13 bits per heavy atom. The zero-order chi connectivity index (χ0) is 21.7. The zero-order valence-electron chi connectivity index (χ0n) is 16.9. The van der Waals surface area contributed by atoms with E-state index in [0.717, 1.165) is 24.8 Å². The highest BCUT2D eigenvalue weighted by Gasteiger charge is 2.34. The Morgan fingerprint density at radius 2 is 1.80 bits per heavy atom. The van der Waals surface area contributed by atoms with E-state index in [-0.39, 0.29) is 24.3 Å². The third-order valence-corrected chi connectivity index (χ3v) is 4.85. The minimum Gasteiger partial charge on any atom is -0.394 e. The van der Waals surface area contributed by atoms with E-state index in [1.807, 2.05) is 26.0 Å². The Hall–Kier alpha value is -2.59. The first kappa shape index (κ1) is 22.1. The second-order valence-electron chi connectivity index (χ2n) is 7.41. The van der Waals surface area contributed by atoms with Crippen molar-refractivity contribution >= 4 is 23.1 Å². The molecule has 0 aliphatic carbocycles. The van der Waals surface area contributed by atoms with E-state index >= 15 is 0 Å². The van der Waals surface area contributed by atoms with Crippen LogP contribution in [-0.2, 0) is 10.9 Å². The maximum absolute atomic E-state index is 13.3. The van der Waals surface area contributed by atoms with Gasteiger partial charge < -0.3 is 25.4 Å². The fourth-order valence-electron chi connectivity index (χ4n) is 3.04. The Bertz CT molecular complexity index is 824. The molecule has 0 radical (unpaired) electrons. The molecule has 2 heterocycles. The van der Waals surface area contributed by atoms with E-state index in [0.29, 0.717) is 18.9 Å². The number of anilines is 4. The van der Waals surface area contributed by atoms with Gasteiger partial charge in [-0.25, -0.2) is 4.98 Å². The van der Waals surface area contributed by atoms with Crippen LogP contribution in [0.3, 0.4) is 0 Å². The number of morpholine rings is 1. The summed E-state index contributed by atoms with van der Waals surface area (Å²) in [4.78, 5) is 9.91. The molecule has 0 saturated carbocycles. The van der Waals surface area contributed by atoms with Crippen molar-refractivity contribution in [3.05, 3.63) is 36.0 Å². The SMILES string of the molecule is CC(C)[C@@H](CO)Nc1nc(Nc2ccc(N3CCOCC3)cc2)cc(C(F)(F)F)n1. The van der Waals surface area contributed by atoms with Crippen LogP contribution in [0.1, 0.15) is 19.5 Å². The Kier molecular flexibility index (Phi) is 6.99. The number of ether oxygens (including phenoxy) is 1. The second-order valence-corrected chi connectivity index (χ2v) is 7.41. The van der Waals surface area contributed by atoms with E-state index in [2.05, 4.69) is 25.5 Å². The lowest BCUT2D eigenvalue weighted by molar-refractivity contribution is -0.141. The van der Waals surface area contributed by atoms with Gasteiger partial charge >= 0.3 is 6.18 Å². The van der Waals surface area contributed by atoms with Gasteiger partial charge in [-0.1, -0.05) is 13.8 Å². The van der Waals surface area contributed by atoms with Crippen molar-refractivity contribution in [1.82, 2.24) is 9.97 Å². The lowest BCUT2D eigenvalue weighted by Crippen LogP contribution is -2.36. The number of aliphatic hydroxyl groups excluding tert-OH is 1. The van der Waals surface area contributed by atoms with Crippen molar-refractivity contribution < 1.29 is 23.0 Å². The number of halogens is 3. The summed E-state index contributed by atoms with van der Waals surface area (Å²) in [5.41, 5.74) is 0.563. The first-order valence-corrected chi connectivity index (χ1v) is 9.79. The van der Waals surface area contributed by atoms with Gasteiger partial charge in [0.2, 0.25) is 5.95 Å². The van der Waals surface area contributed by atoms with Crippen molar-refractivity contribution in [2.24, 2.45) is 5.92 Å². The molecular weight excluding hydrogens is 399 g/mol. The van der Waals surface area contributed by atoms with Gasteiger partial charge in [0.25, 0.3) is 0 Å². The van der Waals surface area contributed by atoms with Gasteiger partial charge in [-0.3, -0.25) is 0 Å². The molecule has 7 nitrogen and oxygen atoms in total. The van der Waals surface area contributed by atoms with Crippen molar-refractivity contribution in [3.63, 3.8) is 0 Å². The molecule has 3 rings (SSSR count). The quantitative estimate of drug-likeness (QED) is 0.626. The van der Waals surface area contributed by atoms with E-state index in [4.69, 9.17) is 4.74 Å². The number of aromatic nitrogens is 2. The molecule has 164 valence electrons. The van der Waals surface area contributed by atoms with Gasteiger partial charge in [0, 0.05) is 30.5 Å². The predicted octanol–water partition coefficient (Wildman–Crippen LogP) is 3.50. The molecule has 0 spiro atoms. The average Bonchev–Trinajstić information content (AvgIpc) is 2.72. The number of nitrogens with one attached hydrogen (secondary N) is 2. The number of hydrogen-bond acceptors (Lipinski definition) is 7. The first-order chi connectivity index (χ1) is 14.3. The minimum absolute atomic E-state index is 0.0133. The summed E-state index contributed by atoms with van der Waals surface area (Å²) in [6, 6.07) is 7.78. The van der Waals surface area contributed by atoms with Gasteiger partial charge in [-0.15, -0.1) is 0 Å². The van der Waals surface area contributed by atoms with Gasteiger partial charge in [-0.05, 0) is 30.2 Å². The van der Waals surface area contributed by atoms with Gasteiger partial charge in [0.05, 0.1) is 25.9 Å². The van der Waals surface area contributed by atoms with Crippen LogP contribution in [0.5, 0.6) is 0 Å². The lowest BCUT2D eigenvalue weighted by atomic mass is 10.1. The molecule has 1 aromatic carbocycles. The Morgan fingerprint density at radius 3 is 2.37 bits per heavy atom. The normalized spacial score (nSPS) is 15.9. The van der Waals surface area contributed by atoms with Crippen molar-refractivity contribution in [3.8, 4) is 0 Å². The third kappa shape index (κ3) is 5.73. The molecule has 0 bridgehead atoms. The summed E-state index contributed by atoms with van der Waals surface area (Å²) in [6.45, 7) is 6.37. The molecule has 1 atom stereocenters. The second kappa shape index (κ2) is 9.48. The fraction of sp³-hybridized carbons (Fsp3) is 0.500. The van der Waals surface area contributed by atoms with Crippen LogP contribution in [-0.4, -0.2) is 54.0 Å². The summed E-state index contributed by atoms with van der Waals surface area (Å²) in [5.74, 6) is -0.193. The number of rotatable bonds is 7. The molecule has 2 aromatic rings. The molecule has 1 saturated heterocycles. The maximum Gasteiger partial charge on any atom is 0.433 e. The maximum atomic E-state index is 13.3. The Labute approximate surface area is 173 Å². The van der Waals surface area contributed by atoms with Crippen molar-refractivity contribution in [1.29, 1.82) is 0 Å². The highest BCUT2D eigenvalue weighted by atomic mass is 19.4. The molecule has 0 amide bonds. The number of nitrogens with zero attached hydrogens (tertiary/aromatic N) is 3. The number of alkyl halides is 3. The molecule has 30 heavy (non-hydrogen) atoms. The molecule has 1 fully saturated rings. The van der Waals surface area contributed by atoms with Gasteiger partial charge in [0.1, 0.15) is 5.82 Å². The predicted molar refractivity (Wildman–Crippen MR) is 109 cm³/mol. The van der Waals surface area contributed by atoms with Crippen molar-refractivity contribution in [2.75, 3.05) is 48.4 Å². The molecule has 1 aliphatic heterocycles.